The van der Waals surface area contributed by atoms with Gasteiger partial charge in [0.1, 0.15) is 6.04 Å². The van der Waals surface area contributed by atoms with Crippen molar-refractivity contribution in [2.75, 3.05) is 19.6 Å². The summed E-state index contributed by atoms with van der Waals surface area (Å²) in [6, 6.07) is 12.0. The first-order valence-electron chi connectivity index (χ1n) is 9.41. The maximum Gasteiger partial charge on any atom is 0.327 e. The van der Waals surface area contributed by atoms with Crippen molar-refractivity contribution >= 4 is 35.2 Å². The lowest BCUT2D eigenvalue weighted by molar-refractivity contribution is -0.128. The number of nitrogens with one attached hydrogen (secondary N) is 1. The molecule has 1 unspecified atom stereocenters. The van der Waals surface area contributed by atoms with E-state index in [0.29, 0.717) is 6.54 Å². The zero-order valence-electron chi connectivity index (χ0n) is 15.3. The summed E-state index contributed by atoms with van der Waals surface area (Å²) < 4.78 is 0. The molecule has 2 fully saturated rings. The third-order valence-electron chi connectivity index (χ3n) is 5.23. The average molecular weight is 389 g/mol. The second-order valence-corrected chi connectivity index (χ2v) is 7.00. The molecule has 1 atom stereocenters. The first-order chi connectivity index (χ1) is 12.7. The molecule has 1 aromatic carbocycles. The molecule has 4 rings (SSSR count). The van der Waals surface area contributed by atoms with Gasteiger partial charge in [0.25, 0.3) is 5.91 Å². The summed E-state index contributed by atoms with van der Waals surface area (Å²) in [7, 11) is 0. The number of benzene rings is 1. The number of rotatable bonds is 7. The summed E-state index contributed by atoms with van der Waals surface area (Å²) in [4.78, 5) is 32.3. The Kier molecular flexibility index (Phi) is 6.29. The molecule has 27 heavy (non-hydrogen) atoms. The van der Waals surface area contributed by atoms with Crippen LogP contribution >= 0.6 is 12.4 Å². The van der Waals surface area contributed by atoms with E-state index in [2.05, 4.69) is 22.4 Å². The maximum absolute atomic E-state index is 12.2. The highest BCUT2D eigenvalue weighted by Crippen LogP contribution is 2.27. The van der Waals surface area contributed by atoms with Crippen LogP contribution in [0, 0.1) is 0 Å². The van der Waals surface area contributed by atoms with Gasteiger partial charge in [-0.05, 0) is 44.4 Å². The second-order valence-electron chi connectivity index (χ2n) is 7.00. The van der Waals surface area contributed by atoms with E-state index < -0.39 is 0 Å². The summed E-state index contributed by atoms with van der Waals surface area (Å²) in [5, 5.41) is 4.54. The van der Waals surface area contributed by atoms with Gasteiger partial charge in [0.15, 0.2) is 0 Å². The highest BCUT2D eigenvalue weighted by atomic mass is 35.5. The lowest BCUT2D eigenvalue weighted by Gasteiger charge is -2.15. The van der Waals surface area contributed by atoms with E-state index in [1.54, 1.807) is 4.90 Å². The summed E-state index contributed by atoms with van der Waals surface area (Å²) >= 11 is 0. The maximum atomic E-state index is 12.2. The van der Waals surface area contributed by atoms with Crippen LogP contribution in [0.3, 0.4) is 0 Å². The number of aromatic nitrogens is 1. The molecular weight excluding hydrogens is 364 g/mol. The van der Waals surface area contributed by atoms with Gasteiger partial charge in [0.05, 0.1) is 11.2 Å². The minimum atomic E-state index is -0.181. The monoisotopic (exact) mass is 388 g/mol. The van der Waals surface area contributed by atoms with Gasteiger partial charge in [-0.25, -0.2) is 4.79 Å². The fraction of sp³-hybridized carbons (Fsp3) is 0.450. The number of nitrogens with zero attached hydrogens (tertiary/aromatic N) is 3. The number of carbonyl (C=O) groups excluding carboxylic acids is 2. The topological polar surface area (TPSA) is 65.5 Å². The minimum absolute atomic E-state index is 0. The molecule has 1 N–H and O–H groups in total. The Morgan fingerprint density at radius 3 is 2.81 bits per heavy atom. The summed E-state index contributed by atoms with van der Waals surface area (Å²) in [5.74, 6) is 0.000762. The van der Waals surface area contributed by atoms with Gasteiger partial charge in [-0.15, -0.1) is 12.4 Å². The van der Waals surface area contributed by atoms with Crippen LogP contribution in [-0.4, -0.2) is 52.4 Å². The molecular formula is C20H25ClN4O2. The molecule has 144 valence electrons. The number of unbranched alkanes of at least 4 members (excludes halogenated alkanes) is 1. The summed E-state index contributed by atoms with van der Waals surface area (Å²) in [6.45, 7) is 2.83. The van der Waals surface area contributed by atoms with Gasteiger partial charge < -0.3 is 10.2 Å². The van der Waals surface area contributed by atoms with Crippen molar-refractivity contribution in [3.8, 4) is 0 Å². The van der Waals surface area contributed by atoms with Gasteiger partial charge in [-0.2, -0.15) is 0 Å². The number of amides is 3. The molecule has 2 aliphatic rings. The zero-order chi connectivity index (χ0) is 17.9. The van der Waals surface area contributed by atoms with Crippen molar-refractivity contribution in [2.24, 2.45) is 0 Å². The Morgan fingerprint density at radius 2 is 1.96 bits per heavy atom. The van der Waals surface area contributed by atoms with Crippen molar-refractivity contribution in [3.63, 3.8) is 0 Å². The Labute approximate surface area is 165 Å². The molecule has 3 heterocycles. The van der Waals surface area contributed by atoms with Crippen molar-refractivity contribution in [3.05, 3.63) is 42.1 Å². The van der Waals surface area contributed by atoms with E-state index in [1.165, 1.54) is 4.90 Å². The minimum Gasteiger partial charge on any atom is -0.312 e. The average Bonchev–Trinajstić information content (AvgIpc) is 3.23. The summed E-state index contributed by atoms with van der Waals surface area (Å²) in [5.41, 5.74) is 2.03. The number of urea groups is 1. The Morgan fingerprint density at radius 1 is 1.11 bits per heavy atom. The van der Waals surface area contributed by atoms with Crippen LogP contribution in [-0.2, 0) is 11.3 Å². The molecule has 0 radical (unpaired) electrons. The number of hydrogen-bond donors (Lipinski definition) is 1. The van der Waals surface area contributed by atoms with Crippen LogP contribution in [0.1, 0.15) is 31.4 Å². The molecule has 0 saturated carbocycles. The SMILES string of the molecule is Cl.O=C1C2CCCN2C(=O)N1CCCCNCc1ccc2ccccc2n1. The summed E-state index contributed by atoms with van der Waals surface area (Å²) in [6.07, 6.45) is 3.52. The van der Waals surface area contributed by atoms with E-state index in [9.17, 15) is 9.59 Å². The van der Waals surface area contributed by atoms with Crippen LogP contribution in [0.15, 0.2) is 36.4 Å². The number of fused-ring (bicyclic) bond motifs is 2. The third kappa shape index (κ3) is 4.06. The molecule has 0 aliphatic carbocycles. The lowest BCUT2D eigenvalue weighted by Crippen LogP contribution is -2.34. The Bertz CT molecular complexity index is 806. The van der Waals surface area contributed by atoms with E-state index in [1.807, 2.05) is 24.3 Å². The molecule has 7 heteroatoms. The van der Waals surface area contributed by atoms with E-state index in [0.717, 1.165) is 61.9 Å². The van der Waals surface area contributed by atoms with Crippen molar-refractivity contribution in [2.45, 2.75) is 38.3 Å². The number of halogens is 1. The predicted molar refractivity (Wildman–Crippen MR) is 107 cm³/mol. The molecule has 3 amide bonds. The van der Waals surface area contributed by atoms with Crippen LogP contribution in [0.25, 0.3) is 10.9 Å². The Balaban J connectivity index is 0.00000210. The first-order valence-corrected chi connectivity index (χ1v) is 9.41. The fourth-order valence-electron chi connectivity index (χ4n) is 3.83. The molecule has 2 aliphatic heterocycles. The van der Waals surface area contributed by atoms with Crippen molar-refractivity contribution in [1.29, 1.82) is 0 Å². The quantitative estimate of drug-likeness (QED) is 0.585. The van der Waals surface area contributed by atoms with Gasteiger partial charge >= 0.3 is 6.03 Å². The molecule has 1 aromatic heterocycles. The number of para-hydroxylation sites is 1. The highest BCUT2D eigenvalue weighted by molar-refractivity contribution is 6.04. The van der Waals surface area contributed by atoms with Crippen molar-refractivity contribution < 1.29 is 9.59 Å². The third-order valence-corrected chi connectivity index (χ3v) is 5.23. The van der Waals surface area contributed by atoms with Gasteiger partial charge in [0.2, 0.25) is 0 Å². The number of pyridine rings is 1. The van der Waals surface area contributed by atoms with Gasteiger partial charge in [-0.3, -0.25) is 14.7 Å². The Hall–Kier alpha value is -2.18. The van der Waals surface area contributed by atoms with Crippen LogP contribution < -0.4 is 5.32 Å². The first kappa shape index (κ1) is 19.6. The molecule has 6 nitrogen and oxygen atoms in total. The molecule has 2 saturated heterocycles. The largest absolute Gasteiger partial charge is 0.327 e. The second kappa shape index (κ2) is 8.67. The molecule has 0 spiro atoms. The standard InChI is InChI=1S/C20H24N4O2.ClH/c25-19-18-8-5-13-23(18)20(26)24(19)12-4-3-11-21-14-16-10-9-15-6-1-2-7-17(15)22-16;/h1-2,6-7,9-10,18,21H,3-5,8,11-14H2;1H. The number of imide groups is 1. The molecule has 2 aromatic rings. The lowest BCUT2D eigenvalue weighted by atomic mass is 10.2. The predicted octanol–water partition coefficient (Wildman–Crippen LogP) is 2.95. The van der Waals surface area contributed by atoms with Gasteiger partial charge in [0, 0.05) is 25.0 Å². The van der Waals surface area contributed by atoms with Crippen LogP contribution in [0.4, 0.5) is 4.79 Å². The number of carbonyl (C=O) groups is 2. The highest BCUT2D eigenvalue weighted by Gasteiger charge is 2.46. The van der Waals surface area contributed by atoms with E-state index in [-0.39, 0.29) is 30.4 Å². The van der Waals surface area contributed by atoms with Crippen LogP contribution in [0.2, 0.25) is 0 Å². The van der Waals surface area contributed by atoms with E-state index in [4.69, 9.17) is 0 Å². The fourth-order valence-corrected chi connectivity index (χ4v) is 3.83. The number of hydrogen-bond acceptors (Lipinski definition) is 4. The smallest absolute Gasteiger partial charge is 0.312 e. The van der Waals surface area contributed by atoms with Crippen molar-refractivity contribution in [1.82, 2.24) is 20.1 Å². The normalized spacial score (nSPS) is 18.9. The zero-order valence-corrected chi connectivity index (χ0v) is 16.1. The van der Waals surface area contributed by atoms with Gasteiger partial charge in [-0.1, -0.05) is 24.3 Å². The van der Waals surface area contributed by atoms with Crippen LogP contribution in [0.5, 0.6) is 0 Å². The van der Waals surface area contributed by atoms with E-state index >= 15 is 0 Å². The molecule has 0 bridgehead atoms.